The Morgan fingerprint density at radius 2 is 1.59 bits per heavy atom. The molecule has 0 bridgehead atoms. The fourth-order valence-corrected chi connectivity index (χ4v) is 3.91. The van der Waals surface area contributed by atoms with E-state index in [1.807, 2.05) is 6.92 Å². The van der Waals surface area contributed by atoms with Gasteiger partial charge < -0.3 is 15.4 Å². The van der Waals surface area contributed by atoms with E-state index >= 15 is 0 Å². The summed E-state index contributed by atoms with van der Waals surface area (Å²) in [5.41, 5.74) is 1.76. The van der Waals surface area contributed by atoms with Gasteiger partial charge in [-0.05, 0) is 67.1 Å². The minimum absolute atomic E-state index is 0.0874. The van der Waals surface area contributed by atoms with Crippen molar-refractivity contribution in [3.8, 4) is 0 Å². The maximum absolute atomic E-state index is 12.9. The Labute approximate surface area is 222 Å². The van der Waals surface area contributed by atoms with Crippen LogP contribution in [0.3, 0.4) is 0 Å². The van der Waals surface area contributed by atoms with Gasteiger partial charge in [-0.2, -0.15) is 0 Å². The lowest BCUT2D eigenvalue weighted by atomic mass is 10.1. The van der Waals surface area contributed by atoms with Crippen molar-refractivity contribution < 1.29 is 23.9 Å². The Kier molecular flexibility index (Phi) is 7.91. The molecule has 3 amide bonds. The molecule has 4 rings (SSSR count). The van der Waals surface area contributed by atoms with Crippen LogP contribution in [0.4, 0.5) is 17.1 Å². The van der Waals surface area contributed by atoms with Gasteiger partial charge in [-0.25, -0.2) is 9.69 Å². The number of carbonyl (C=O) groups is 4. The standard InChI is InChI=1S/C27H21Cl2N3O5/c1-2-13-37-27(36)17-5-3-7-20(14-17)31-24(33)16-9-11-19(12-10-16)30-23-22(29)25(34)32(26(23)35)21-8-4-6-18(28)15-21/h3-12,14-15,30H,2,13H2,1H3,(H,31,33). The predicted octanol–water partition coefficient (Wildman–Crippen LogP) is 5.59. The number of anilines is 3. The Morgan fingerprint density at radius 3 is 2.30 bits per heavy atom. The van der Waals surface area contributed by atoms with Gasteiger partial charge in [-0.1, -0.05) is 42.3 Å². The molecule has 0 radical (unpaired) electrons. The monoisotopic (exact) mass is 537 g/mol. The molecule has 1 heterocycles. The van der Waals surface area contributed by atoms with E-state index in [0.29, 0.717) is 46.2 Å². The molecule has 3 aromatic carbocycles. The van der Waals surface area contributed by atoms with E-state index in [1.54, 1.807) is 60.7 Å². The zero-order valence-electron chi connectivity index (χ0n) is 19.6. The number of amides is 3. The summed E-state index contributed by atoms with van der Waals surface area (Å²) in [5.74, 6) is -2.16. The number of imide groups is 1. The van der Waals surface area contributed by atoms with Crippen molar-refractivity contribution in [2.24, 2.45) is 0 Å². The normalized spacial score (nSPS) is 13.1. The number of carbonyl (C=O) groups excluding carboxylic acids is 4. The summed E-state index contributed by atoms with van der Waals surface area (Å²) < 4.78 is 5.12. The largest absolute Gasteiger partial charge is 0.462 e. The lowest BCUT2D eigenvalue weighted by molar-refractivity contribution is -0.120. The number of nitrogens with zero attached hydrogens (tertiary/aromatic N) is 1. The first-order valence-electron chi connectivity index (χ1n) is 11.3. The molecule has 0 spiro atoms. The Hall–Kier alpha value is -4.14. The highest BCUT2D eigenvalue weighted by molar-refractivity contribution is 6.53. The van der Waals surface area contributed by atoms with Gasteiger partial charge in [0.15, 0.2) is 0 Å². The molecular weight excluding hydrogens is 517 g/mol. The fraction of sp³-hybridized carbons (Fsp3) is 0.111. The average Bonchev–Trinajstić information content (AvgIpc) is 3.10. The Bertz CT molecular complexity index is 1420. The van der Waals surface area contributed by atoms with Crippen LogP contribution >= 0.6 is 23.2 Å². The number of benzene rings is 3. The summed E-state index contributed by atoms with van der Waals surface area (Å²) in [6.07, 6.45) is 0.709. The first-order valence-corrected chi connectivity index (χ1v) is 12.0. The first-order chi connectivity index (χ1) is 17.8. The minimum atomic E-state index is -0.673. The molecule has 0 saturated carbocycles. The molecule has 1 aliphatic heterocycles. The van der Waals surface area contributed by atoms with Crippen LogP contribution in [0, 0.1) is 0 Å². The summed E-state index contributed by atoms with van der Waals surface area (Å²) in [7, 11) is 0. The van der Waals surface area contributed by atoms with Crippen molar-refractivity contribution in [3.63, 3.8) is 0 Å². The van der Waals surface area contributed by atoms with E-state index < -0.39 is 23.7 Å². The second kappa shape index (κ2) is 11.3. The van der Waals surface area contributed by atoms with Gasteiger partial charge in [-0.15, -0.1) is 0 Å². The van der Waals surface area contributed by atoms with Crippen LogP contribution in [0.15, 0.2) is 83.5 Å². The maximum Gasteiger partial charge on any atom is 0.338 e. The average molecular weight is 538 g/mol. The van der Waals surface area contributed by atoms with Crippen molar-refractivity contribution in [2.45, 2.75) is 13.3 Å². The molecular formula is C27H21Cl2N3O5. The lowest BCUT2D eigenvalue weighted by Gasteiger charge is -2.15. The Morgan fingerprint density at radius 1 is 0.865 bits per heavy atom. The van der Waals surface area contributed by atoms with Crippen LogP contribution in [-0.2, 0) is 14.3 Å². The zero-order valence-corrected chi connectivity index (χ0v) is 21.1. The molecule has 0 saturated heterocycles. The summed E-state index contributed by atoms with van der Waals surface area (Å²) in [5, 5.41) is 5.70. The quantitative estimate of drug-likeness (QED) is 0.286. The van der Waals surface area contributed by atoms with Crippen LogP contribution < -0.4 is 15.5 Å². The summed E-state index contributed by atoms with van der Waals surface area (Å²) in [4.78, 5) is 51.2. The summed E-state index contributed by atoms with van der Waals surface area (Å²) in [6, 6.07) is 19.0. The molecule has 8 nitrogen and oxygen atoms in total. The van der Waals surface area contributed by atoms with Crippen molar-refractivity contribution in [1.82, 2.24) is 0 Å². The van der Waals surface area contributed by atoms with Crippen LogP contribution in [0.1, 0.15) is 34.1 Å². The lowest BCUT2D eigenvalue weighted by Crippen LogP contribution is -2.32. The van der Waals surface area contributed by atoms with E-state index in [0.717, 1.165) is 4.90 Å². The zero-order chi connectivity index (χ0) is 26.5. The van der Waals surface area contributed by atoms with Crippen molar-refractivity contribution in [3.05, 3.63) is 99.7 Å². The van der Waals surface area contributed by atoms with E-state index in [-0.39, 0.29) is 10.7 Å². The summed E-state index contributed by atoms with van der Waals surface area (Å²) >= 11 is 12.2. The molecule has 1 aliphatic rings. The third kappa shape index (κ3) is 5.82. The maximum atomic E-state index is 12.9. The number of esters is 1. The van der Waals surface area contributed by atoms with Crippen molar-refractivity contribution in [1.29, 1.82) is 0 Å². The molecule has 0 fully saturated rings. The number of rotatable bonds is 8. The molecule has 0 unspecified atom stereocenters. The van der Waals surface area contributed by atoms with Gasteiger partial charge in [-0.3, -0.25) is 14.4 Å². The van der Waals surface area contributed by atoms with E-state index in [1.165, 1.54) is 12.1 Å². The smallest absolute Gasteiger partial charge is 0.338 e. The molecule has 3 aromatic rings. The van der Waals surface area contributed by atoms with Gasteiger partial charge in [0, 0.05) is 22.0 Å². The molecule has 0 aromatic heterocycles. The van der Waals surface area contributed by atoms with Crippen LogP contribution in [0.2, 0.25) is 5.02 Å². The highest BCUT2D eigenvalue weighted by Gasteiger charge is 2.39. The van der Waals surface area contributed by atoms with Gasteiger partial charge >= 0.3 is 5.97 Å². The molecule has 10 heteroatoms. The van der Waals surface area contributed by atoms with E-state index in [9.17, 15) is 19.2 Å². The Balaban J connectivity index is 1.43. The number of hydrogen-bond acceptors (Lipinski definition) is 6. The van der Waals surface area contributed by atoms with Crippen molar-refractivity contribution >= 4 is 64.0 Å². The highest BCUT2D eigenvalue weighted by Crippen LogP contribution is 2.31. The van der Waals surface area contributed by atoms with Crippen LogP contribution in [0.25, 0.3) is 0 Å². The molecule has 2 N–H and O–H groups in total. The SMILES string of the molecule is CCCOC(=O)c1cccc(NC(=O)c2ccc(NC3=C(Cl)C(=O)N(c4cccc(Cl)c4)C3=O)cc2)c1. The molecule has 0 atom stereocenters. The van der Waals surface area contributed by atoms with Gasteiger partial charge in [0.1, 0.15) is 10.7 Å². The fourth-order valence-electron chi connectivity index (χ4n) is 3.52. The number of nitrogens with one attached hydrogen (secondary N) is 2. The van der Waals surface area contributed by atoms with E-state index in [2.05, 4.69) is 10.6 Å². The number of ether oxygens (including phenoxy) is 1. The highest BCUT2D eigenvalue weighted by atomic mass is 35.5. The van der Waals surface area contributed by atoms with Gasteiger partial charge in [0.05, 0.1) is 17.9 Å². The van der Waals surface area contributed by atoms with Crippen molar-refractivity contribution in [2.75, 3.05) is 22.1 Å². The van der Waals surface area contributed by atoms with Gasteiger partial charge in [0.25, 0.3) is 17.7 Å². The second-order valence-electron chi connectivity index (χ2n) is 7.99. The third-order valence-corrected chi connectivity index (χ3v) is 5.89. The van der Waals surface area contributed by atoms with E-state index in [4.69, 9.17) is 27.9 Å². The number of hydrogen-bond donors (Lipinski definition) is 2. The topological polar surface area (TPSA) is 105 Å². The second-order valence-corrected chi connectivity index (χ2v) is 8.80. The number of halogens is 2. The first kappa shape index (κ1) is 25.9. The summed E-state index contributed by atoms with van der Waals surface area (Å²) in [6.45, 7) is 2.22. The third-order valence-electron chi connectivity index (χ3n) is 5.30. The molecule has 37 heavy (non-hydrogen) atoms. The predicted molar refractivity (Wildman–Crippen MR) is 142 cm³/mol. The van der Waals surface area contributed by atoms with Crippen LogP contribution in [-0.4, -0.2) is 30.3 Å². The van der Waals surface area contributed by atoms with Gasteiger partial charge in [0.2, 0.25) is 0 Å². The minimum Gasteiger partial charge on any atom is -0.462 e. The molecule has 0 aliphatic carbocycles. The molecule has 188 valence electrons. The van der Waals surface area contributed by atoms with Crippen LogP contribution in [0.5, 0.6) is 0 Å².